The van der Waals surface area contributed by atoms with Gasteiger partial charge >= 0.3 is 0 Å². The Bertz CT molecular complexity index is 931. The molecule has 2 aliphatic heterocycles. The number of amides is 1. The first-order valence-corrected chi connectivity index (χ1v) is 10.2. The number of carbonyl (C=O) groups excluding carboxylic acids is 1. The molecule has 0 bridgehead atoms. The van der Waals surface area contributed by atoms with Crippen LogP contribution in [0.4, 0.5) is 5.82 Å². The highest BCUT2D eigenvalue weighted by Crippen LogP contribution is 2.50. The normalized spacial score (nSPS) is 23.8. The quantitative estimate of drug-likeness (QED) is 0.819. The summed E-state index contributed by atoms with van der Waals surface area (Å²) in [4.78, 5) is 14.3. The number of ether oxygens (including phenoxy) is 1. The summed E-state index contributed by atoms with van der Waals surface area (Å²) in [6, 6.07) is 6.06. The lowest BCUT2D eigenvalue weighted by Gasteiger charge is -2.39. The number of nitrogen functional groups attached to an aromatic ring is 1. The molecule has 1 aromatic carbocycles. The summed E-state index contributed by atoms with van der Waals surface area (Å²) in [6.07, 6.45) is 5.07. The molecule has 2 fully saturated rings. The van der Waals surface area contributed by atoms with Gasteiger partial charge in [-0.05, 0) is 48.9 Å². The van der Waals surface area contributed by atoms with Gasteiger partial charge in [-0.15, -0.1) is 0 Å². The zero-order valence-electron chi connectivity index (χ0n) is 15.6. The minimum atomic E-state index is -0.703. The molecule has 1 aromatic heterocycles. The van der Waals surface area contributed by atoms with Crippen molar-refractivity contribution in [3.8, 4) is 0 Å². The van der Waals surface area contributed by atoms with Crippen LogP contribution in [-0.4, -0.2) is 33.7 Å². The largest absolute Gasteiger partial charge is 0.384 e. The smallest absolute Gasteiger partial charge is 0.251 e. The number of hydrogen-bond donors (Lipinski definition) is 2. The van der Waals surface area contributed by atoms with Crippen molar-refractivity contribution in [1.82, 2.24) is 14.7 Å². The molecule has 3 aliphatic rings. The maximum Gasteiger partial charge on any atom is 0.251 e. The van der Waals surface area contributed by atoms with Gasteiger partial charge in [0, 0.05) is 30.2 Å². The zero-order valence-corrected chi connectivity index (χ0v) is 16.4. The molecule has 7 nitrogen and oxygen atoms in total. The van der Waals surface area contributed by atoms with Crippen molar-refractivity contribution in [2.75, 3.05) is 18.8 Å². The van der Waals surface area contributed by atoms with Crippen LogP contribution in [0.1, 0.15) is 54.5 Å². The number of nitrogens with zero attached hydrogens (tertiary/aromatic N) is 3. The fourth-order valence-electron chi connectivity index (χ4n) is 4.56. The lowest BCUT2D eigenvalue weighted by atomic mass is 9.83. The van der Waals surface area contributed by atoms with Crippen LogP contribution in [0.5, 0.6) is 0 Å². The molecule has 0 radical (unpaired) electrons. The van der Waals surface area contributed by atoms with E-state index in [-0.39, 0.29) is 0 Å². The number of carbonyl (C=O) groups is 1. The van der Waals surface area contributed by atoms with Crippen molar-refractivity contribution in [3.05, 3.63) is 46.1 Å². The Morgan fingerprint density at radius 2 is 2.07 bits per heavy atom. The molecule has 8 heteroatoms. The summed E-state index contributed by atoms with van der Waals surface area (Å²) in [6.45, 7) is 2.45. The first-order chi connectivity index (χ1) is 13.5. The Morgan fingerprint density at radius 1 is 1.32 bits per heavy atom. The number of piperidine rings is 1. The van der Waals surface area contributed by atoms with Crippen molar-refractivity contribution in [1.29, 1.82) is 0 Å². The van der Waals surface area contributed by atoms with E-state index < -0.39 is 17.6 Å². The van der Waals surface area contributed by atoms with Crippen LogP contribution in [0.3, 0.4) is 0 Å². The molecule has 28 heavy (non-hydrogen) atoms. The van der Waals surface area contributed by atoms with E-state index in [1.54, 1.807) is 6.07 Å². The van der Waals surface area contributed by atoms with E-state index in [0.29, 0.717) is 11.1 Å². The Hall–Kier alpha value is -2.09. The molecule has 1 atom stereocenters. The van der Waals surface area contributed by atoms with Crippen molar-refractivity contribution in [3.63, 3.8) is 0 Å². The number of likely N-dealkylation sites (tertiary alicyclic amines) is 1. The van der Waals surface area contributed by atoms with E-state index in [9.17, 15) is 4.79 Å². The van der Waals surface area contributed by atoms with Crippen LogP contribution in [0.25, 0.3) is 0 Å². The molecule has 1 saturated carbocycles. The van der Waals surface area contributed by atoms with Gasteiger partial charge < -0.3 is 16.2 Å². The minimum Gasteiger partial charge on any atom is -0.384 e. The van der Waals surface area contributed by atoms with E-state index in [1.807, 2.05) is 23.0 Å². The van der Waals surface area contributed by atoms with Gasteiger partial charge in [-0.2, -0.15) is 5.10 Å². The first kappa shape index (κ1) is 18.0. The Kier molecular flexibility index (Phi) is 4.15. The van der Waals surface area contributed by atoms with Gasteiger partial charge in [-0.1, -0.05) is 17.7 Å². The molecule has 3 heterocycles. The van der Waals surface area contributed by atoms with Crippen LogP contribution in [0.15, 0.2) is 24.4 Å². The molecular formula is C20H24ClN5O2. The Morgan fingerprint density at radius 3 is 2.75 bits per heavy atom. The second kappa shape index (κ2) is 6.47. The number of rotatable bonds is 4. The van der Waals surface area contributed by atoms with E-state index in [1.165, 1.54) is 0 Å². The van der Waals surface area contributed by atoms with Gasteiger partial charge in [0.05, 0.1) is 17.8 Å². The molecule has 2 aromatic rings. The van der Waals surface area contributed by atoms with Crippen LogP contribution in [-0.2, 0) is 21.7 Å². The fourth-order valence-corrected chi connectivity index (χ4v) is 4.73. The van der Waals surface area contributed by atoms with Gasteiger partial charge in [-0.3, -0.25) is 9.69 Å². The van der Waals surface area contributed by atoms with Crippen molar-refractivity contribution < 1.29 is 9.53 Å². The highest BCUT2D eigenvalue weighted by molar-refractivity contribution is 6.30. The van der Waals surface area contributed by atoms with Crippen LogP contribution in [0.2, 0.25) is 5.02 Å². The van der Waals surface area contributed by atoms with Gasteiger partial charge in [-0.25, -0.2) is 4.68 Å². The number of benzene rings is 1. The lowest BCUT2D eigenvalue weighted by Crippen LogP contribution is -2.42. The molecule has 5 rings (SSSR count). The summed E-state index contributed by atoms with van der Waals surface area (Å²) < 4.78 is 8.20. The Labute approximate surface area is 168 Å². The van der Waals surface area contributed by atoms with Crippen LogP contribution < -0.4 is 11.5 Å². The van der Waals surface area contributed by atoms with E-state index in [2.05, 4.69) is 10.00 Å². The number of fused-ring (bicyclic) bond motifs is 2. The van der Waals surface area contributed by atoms with Crippen molar-refractivity contribution >= 4 is 23.3 Å². The molecule has 1 spiro atoms. The molecule has 148 valence electrons. The molecule has 1 saturated heterocycles. The summed E-state index contributed by atoms with van der Waals surface area (Å²) in [5, 5.41) is 5.10. The minimum absolute atomic E-state index is 0.455. The van der Waals surface area contributed by atoms with Crippen LogP contribution >= 0.6 is 11.6 Å². The highest BCUT2D eigenvalue weighted by atomic mass is 35.5. The monoisotopic (exact) mass is 401 g/mol. The molecule has 4 N–H and O–H groups in total. The number of halogens is 1. The number of hydrogen-bond acceptors (Lipinski definition) is 5. The third kappa shape index (κ3) is 2.89. The van der Waals surface area contributed by atoms with Crippen molar-refractivity contribution in [2.24, 2.45) is 5.73 Å². The third-order valence-corrected chi connectivity index (χ3v) is 6.49. The van der Waals surface area contributed by atoms with E-state index >= 15 is 0 Å². The fraction of sp³-hybridized carbons (Fsp3) is 0.500. The SMILES string of the molecule is NC(=O)C1OC2(CCN(Cc3cnn(C4CC4)c3N)CC2)c2cc(Cl)ccc21. The number of primary amides is 1. The van der Waals surface area contributed by atoms with Gasteiger partial charge in [0.25, 0.3) is 5.91 Å². The maximum absolute atomic E-state index is 11.9. The van der Waals surface area contributed by atoms with Crippen molar-refractivity contribution in [2.45, 2.75) is 50.0 Å². The zero-order chi connectivity index (χ0) is 19.5. The van der Waals surface area contributed by atoms with Crippen LogP contribution in [0, 0.1) is 0 Å². The van der Waals surface area contributed by atoms with Gasteiger partial charge in [0.15, 0.2) is 6.10 Å². The number of anilines is 1. The van der Waals surface area contributed by atoms with E-state index in [0.717, 1.165) is 67.8 Å². The Balaban J connectivity index is 1.33. The lowest BCUT2D eigenvalue weighted by molar-refractivity contribution is -0.148. The summed E-state index contributed by atoms with van der Waals surface area (Å²) in [7, 11) is 0. The van der Waals surface area contributed by atoms with Gasteiger partial charge in [0.2, 0.25) is 0 Å². The van der Waals surface area contributed by atoms with Gasteiger partial charge in [0.1, 0.15) is 5.82 Å². The average molecular weight is 402 g/mol. The molecule has 1 aliphatic carbocycles. The standard InChI is InChI=1S/C20H24ClN5O2/c21-13-1-4-15-16(9-13)20(28-17(15)19(23)27)5-7-25(8-6-20)11-12-10-24-26(18(12)22)14-2-3-14/h1,4,9-10,14,17H,2-3,5-8,11,22H2,(H2,23,27). The molecule has 1 unspecified atom stereocenters. The number of nitrogens with two attached hydrogens (primary N) is 2. The second-order valence-corrected chi connectivity index (χ2v) is 8.57. The summed E-state index contributed by atoms with van der Waals surface area (Å²) in [5.41, 5.74) is 14.3. The number of aromatic nitrogens is 2. The molecular weight excluding hydrogens is 378 g/mol. The highest BCUT2D eigenvalue weighted by Gasteiger charge is 2.48. The predicted molar refractivity (Wildman–Crippen MR) is 106 cm³/mol. The topological polar surface area (TPSA) is 99.4 Å². The van der Waals surface area contributed by atoms with E-state index in [4.69, 9.17) is 27.8 Å². The predicted octanol–water partition coefficient (Wildman–Crippen LogP) is 2.50. The average Bonchev–Trinajstić information content (AvgIpc) is 3.39. The second-order valence-electron chi connectivity index (χ2n) is 8.13. The maximum atomic E-state index is 11.9. The first-order valence-electron chi connectivity index (χ1n) is 9.78. The summed E-state index contributed by atoms with van der Waals surface area (Å²) >= 11 is 6.23. The summed E-state index contributed by atoms with van der Waals surface area (Å²) in [5.74, 6) is 0.328. The molecule has 1 amide bonds. The third-order valence-electron chi connectivity index (χ3n) is 6.25.